The topological polar surface area (TPSA) is 9.23 Å². The van der Waals surface area contributed by atoms with Crippen LogP contribution in [0.15, 0.2) is 0 Å². The van der Waals surface area contributed by atoms with Crippen LogP contribution < -0.4 is 0 Å². The monoisotopic (exact) mass is 164 g/mol. The summed E-state index contributed by atoms with van der Waals surface area (Å²) in [5, 5.41) is 0. The van der Waals surface area contributed by atoms with Crippen LogP contribution in [-0.2, 0) is 4.74 Å². The highest BCUT2D eigenvalue weighted by Gasteiger charge is 2.43. The molecule has 1 aliphatic heterocycles. The molecule has 1 fully saturated rings. The predicted octanol–water partition coefficient (Wildman–Crippen LogP) is 2.31. The molecule has 0 aromatic heterocycles. The van der Waals surface area contributed by atoms with Crippen molar-refractivity contribution >= 4 is 0 Å². The Balaban J connectivity index is 2.60. The summed E-state index contributed by atoms with van der Waals surface area (Å²) >= 11 is 0. The third kappa shape index (κ3) is 1.89. The lowest BCUT2D eigenvalue weighted by Crippen LogP contribution is -2.41. The maximum absolute atomic E-state index is 13.0. The van der Waals surface area contributed by atoms with E-state index < -0.39 is 18.4 Å². The maximum atomic E-state index is 13.0. The van der Waals surface area contributed by atoms with Crippen molar-refractivity contribution in [2.75, 3.05) is 13.2 Å². The van der Waals surface area contributed by atoms with Gasteiger partial charge in [-0.25, -0.2) is 8.78 Å². The second kappa shape index (κ2) is 3.05. The van der Waals surface area contributed by atoms with E-state index in [1.165, 1.54) is 0 Å². The van der Waals surface area contributed by atoms with Crippen molar-refractivity contribution in [1.82, 2.24) is 0 Å². The van der Waals surface area contributed by atoms with E-state index in [0.717, 1.165) is 0 Å². The summed E-state index contributed by atoms with van der Waals surface area (Å²) in [5.74, 6) is -3.04. The first-order valence-corrected chi connectivity index (χ1v) is 3.99. The number of alkyl halides is 2. The molecule has 0 radical (unpaired) electrons. The van der Waals surface area contributed by atoms with Gasteiger partial charge in [-0.15, -0.1) is 0 Å². The molecule has 0 spiro atoms. The molecular weight excluding hydrogens is 150 g/mol. The number of hydrogen-bond acceptors (Lipinski definition) is 1. The number of hydrogen-bond donors (Lipinski definition) is 0. The lowest BCUT2D eigenvalue weighted by molar-refractivity contribution is -0.165. The predicted molar refractivity (Wildman–Crippen MR) is 38.7 cm³/mol. The Labute approximate surface area is 65.7 Å². The van der Waals surface area contributed by atoms with Gasteiger partial charge in [0.2, 0.25) is 0 Å². The molecule has 0 aromatic carbocycles. The van der Waals surface area contributed by atoms with Crippen LogP contribution in [0.5, 0.6) is 0 Å². The van der Waals surface area contributed by atoms with E-state index in [4.69, 9.17) is 4.74 Å². The standard InChI is InChI=1S/C8H14F2O/c1-6(2)7-3-4-11-5-8(7,9)10/h6-7H,3-5H2,1-2H3. The molecule has 1 aliphatic rings. The summed E-state index contributed by atoms with van der Waals surface area (Å²) in [6.07, 6.45) is 0.491. The number of rotatable bonds is 1. The summed E-state index contributed by atoms with van der Waals surface area (Å²) in [5.41, 5.74) is 0. The quantitative estimate of drug-likeness (QED) is 0.578. The van der Waals surface area contributed by atoms with Crippen LogP contribution in [0, 0.1) is 11.8 Å². The molecular formula is C8H14F2O. The van der Waals surface area contributed by atoms with Gasteiger partial charge >= 0.3 is 0 Å². The highest BCUT2D eigenvalue weighted by Crippen LogP contribution is 2.36. The van der Waals surface area contributed by atoms with Crippen molar-refractivity contribution in [3.05, 3.63) is 0 Å². The summed E-state index contributed by atoms with van der Waals surface area (Å²) in [7, 11) is 0. The smallest absolute Gasteiger partial charge is 0.274 e. The lowest BCUT2D eigenvalue weighted by atomic mass is 9.86. The van der Waals surface area contributed by atoms with Crippen LogP contribution in [-0.4, -0.2) is 19.1 Å². The minimum atomic E-state index is -2.60. The van der Waals surface area contributed by atoms with Crippen LogP contribution in [0.1, 0.15) is 20.3 Å². The first-order chi connectivity index (χ1) is 5.04. The third-order valence-corrected chi connectivity index (χ3v) is 2.21. The molecule has 1 unspecified atom stereocenters. The summed E-state index contributed by atoms with van der Waals surface area (Å²) in [6, 6.07) is 0. The van der Waals surface area contributed by atoms with Crippen molar-refractivity contribution in [2.24, 2.45) is 11.8 Å². The van der Waals surface area contributed by atoms with Gasteiger partial charge in [0, 0.05) is 12.5 Å². The molecule has 11 heavy (non-hydrogen) atoms. The molecule has 0 bridgehead atoms. The van der Waals surface area contributed by atoms with Crippen LogP contribution >= 0.6 is 0 Å². The van der Waals surface area contributed by atoms with Crippen molar-refractivity contribution in [3.8, 4) is 0 Å². The zero-order valence-corrected chi connectivity index (χ0v) is 6.94. The Morgan fingerprint density at radius 2 is 2.09 bits per heavy atom. The third-order valence-electron chi connectivity index (χ3n) is 2.21. The van der Waals surface area contributed by atoms with Gasteiger partial charge in [-0.05, 0) is 12.3 Å². The molecule has 0 aromatic rings. The lowest BCUT2D eigenvalue weighted by Gasteiger charge is -2.33. The Morgan fingerprint density at radius 3 is 2.45 bits per heavy atom. The molecule has 1 atom stereocenters. The molecule has 1 saturated heterocycles. The largest absolute Gasteiger partial charge is 0.375 e. The summed E-state index contributed by atoms with van der Waals surface area (Å²) < 4.78 is 30.7. The van der Waals surface area contributed by atoms with E-state index in [2.05, 4.69) is 0 Å². The van der Waals surface area contributed by atoms with Gasteiger partial charge in [-0.1, -0.05) is 13.8 Å². The summed E-state index contributed by atoms with van der Waals surface area (Å²) in [6.45, 7) is 3.77. The Morgan fingerprint density at radius 1 is 1.45 bits per heavy atom. The normalized spacial score (nSPS) is 30.8. The minimum Gasteiger partial charge on any atom is -0.375 e. The summed E-state index contributed by atoms with van der Waals surface area (Å²) in [4.78, 5) is 0. The first kappa shape index (κ1) is 8.91. The Bertz CT molecular complexity index is 134. The highest BCUT2D eigenvalue weighted by atomic mass is 19.3. The highest BCUT2D eigenvalue weighted by molar-refractivity contribution is 4.82. The first-order valence-electron chi connectivity index (χ1n) is 3.99. The van der Waals surface area contributed by atoms with Gasteiger partial charge in [0.25, 0.3) is 5.92 Å². The van der Waals surface area contributed by atoms with Gasteiger partial charge in [0.05, 0.1) is 0 Å². The van der Waals surface area contributed by atoms with Gasteiger partial charge < -0.3 is 4.74 Å². The number of ether oxygens (including phenoxy) is 1. The van der Waals surface area contributed by atoms with Crippen molar-refractivity contribution in [2.45, 2.75) is 26.2 Å². The molecule has 0 N–H and O–H groups in total. The van der Waals surface area contributed by atoms with E-state index in [-0.39, 0.29) is 5.92 Å². The van der Waals surface area contributed by atoms with Crippen molar-refractivity contribution in [1.29, 1.82) is 0 Å². The molecule has 0 saturated carbocycles. The van der Waals surface area contributed by atoms with Gasteiger partial charge in [0.15, 0.2) is 0 Å². The average Bonchev–Trinajstić information content (AvgIpc) is 1.85. The van der Waals surface area contributed by atoms with Gasteiger partial charge in [-0.2, -0.15) is 0 Å². The average molecular weight is 164 g/mol. The Hall–Kier alpha value is -0.180. The van der Waals surface area contributed by atoms with Crippen LogP contribution in [0.3, 0.4) is 0 Å². The van der Waals surface area contributed by atoms with E-state index in [9.17, 15) is 8.78 Å². The molecule has 3 heteroatoms. The fourth-order valence-electron chi connectivity index (χ4n) is 1.56. The number of halogens is 2. The minimum absolute atomic E-state index is 0.0499. The van der Waals surface area contributed by atoms with Crippen LogP contribution in [0.25, 0.3) is 0 Å². The van der Waals surface area contributed by atoms with E-state index in [1.54, 1.807) is 0 Å². The van der Waals surface area contributed by atoms with Crippen molar-refractivity contribution in [3.63, 3.8) is 0 Å². The zero-order chi connectivity index (χ0) is 8.48. The molecule has 66 valence electrons. The SMILES string of the molecule is CC(C)C1CCOCC1(F)F. The molecule has 0 amide bonds. The molecule has 1 nitrogen and oxygen atoms in total. The molecule has 1 rings (SSSR count). The van der Waals surface area contributed by atoms with Gasteiger partial charge in [-0.3, -0.25) is 0 Å². The van der Waals surface area contributed by atoms with E-state index in [1.807, 2.05) is 13.8 Å². The second-order valence-electron chi connectivity index (χ2n) is 3.45. The van der Waals surface area contributed by atoms with Crippen molar-refractivity contribution < 1.29 is 13.5 Å². The van der Waals surface area contributed by atoms with E-state index >= 15 is 0 Å². The Kier molecular flexibility index (Phi) is 2.47. The molecule has 0 aliphatic carbocycles. The fourth-order valence-corrected chi connectivity index (χ4v) is 1.56. The van der Waals surface area contributed by atoms with E-state index in [0.29, 0.717) is 13.0 Å². The maximum Gasteiger partial charge on any atom is 0.274 e. The van der Waals surface area contributed by atoms with Gasteiger partial charge in [0.1, 0.15) is 6.61 Å². The molecule has 1 heterocycles. The second-order valence-corrected chi connectivity index (χ2v) is 3.45. The van der Waals surface area contributed by atoms with Crippen LogP contribution in [0.2, 0.25) is 0 Å². The fraction of sp³-hybridized carbons (Fsp3) is 1.00. The zero-order valence-electron chi connectivity index (χ0n) is 6.94. The van der Waals surface area contributed by atoms with Crippen LogP contribution in [0.4, 0.5) is 8.78 Å².